The lowest BCUT2D eigenvalue weighted by Gasteiger charge is -2.42. The second kappa shape index (κ2) is 15.8. The van der Waals surface area contributed by atoms with Crippen molar-refractivity contribution in [3.05, 3.63) is 81.4 Å². The molecule has 284 valence electrons. The molecule has 1 amide bonds. The number of nitrogens with two attached hydrogens (primary N) is 1. The normalized spacial score (nSPS) is 25.0. The molecule has 3 aromatic carbocycles. The molecule has 6 unspecified atom stereocenters. The molecule has 15 heteroatoms. The first-order valence-corrected chi connectivity index (χ1v) is 17.2. The molecule has 0 saturated carbocycles. The van der Waals surface area contributed by atoms with Crippen LogP contribution < -0.4 is 20.6 Å². The summed E-state index contributed by atoms with van der Waals surface area (Å²) >= 11 is 0. The zero-order chi connectivity index (χ0) is 37.5. The van der Waals surface area contributed by atoms with Crippen LogP contribution in [0, 0.1) is 0 Å². The van der Waals surface area contributed by atoms with Crippen LogP contribution in [0.1, 0.15) is 106 Å². The largest absolute Gasteiger partial charge is 0.507 e. The highest BCUT2D eigenvalue weighted by atomic mass is 35.5. The number of halogens is 1. The molecule has 6 atom stereocenters. The Morgan fingerprint density at radius 3 is 2.43 bits per heavy atom. The minimum absolute atomic E-state index is 0. The maximum atomic E-state index is 14.0. The molecule has 53 heavy (non-hydrogen) atoms. The van der Waals surface area contributed by atoms with Gasteiger partial charge in [-0.15, -0.1) is 12.4 Å². The first-order valence-electron chi connectivity index (χ1n) is 17.2. The number of phenols is 2. The fourth-order valence-electron chi connectivity index (χ4n) is 7.01. The monoisotopic (exact) mass is 753 g/mol. The highest BCUT2D eigenvalue weighted by molar-refractivity contribution is 6.31. The molecule has 7 N–H and O–H groups in total. The number of aliphatic hydroxyl groups excluding tert-OH is 1. The third-order valence-electron chi connectivity index (χ3n) is 10.0. The number of unbranched alkanes of at least 4 members (excludes halogenated alkanes) is 1. The first-order chi connectivity index (χ1) is 24.8. The van der Waals surface area contributed by atoms with E-state index >= 15 is 0 Å². The van der Waals surface area contributed by atoms with Crippen molar-refractivity contribution in [1.29, 1.82) is 0 Å². The smallest absolute Gasteiger partial charge is 0.271 e. The summed E-state index contributed by atoms with van der Waals surface area (Å²) in [7, 11) is 1.34. The molecule has 1 heterocycles. The highest BCUT2D eigenvalue weighted by Gasteiger charge is 2.49. The predicted octanol–water partition coefficient (Wildman–Crippen LogP) is 3.85. The van der Waals surface area contributed by atoms with E-state index in [4.69, 9.17) is 24.7 Å². The number of carbonyl (C=O) groups excluding carboxylic acids is 3. The number of aromatic hydroxyl groups is 2. The minimum Gasteiger partial charge on any atom is -0.507 e. The third-order valence-corrected chi connectivity index (χ3v) is 10.0. The number of hydrazone groups is 1. The first kappa shape index (κ1) is 39.6. The van der Waals surface area contributed by atoms with Crippen molar-refractivity contribution < 1.29 is 53.8 Å². The van der Waals surface area contributed by atoms with Crippen molar-refractivity contribution in [2.24, 2.45) is 10.8 Å². The van der Waals surface area contributed by atoms with E-state index in [9.17, 15) is 34.8 Å². The number of fused-ring (bicyclic) bond motifs is 3. The van der Waals surface area contributed by atoms with E-state index in [1.165, 1.54) is 32.2 Å². The molecule has 1 saturated heterocycles. The van der Waals surface area contributed by atoms with Crippen LogP contribution in [0.2, 0.25) is 0 Å². The van der Waals surface area contributed by atoms with Gasteiger partial charge in [0.15, 0.2) is 12.1 Å². The summed E-state index contributed by atoms with van der Waals surface area (Å²) in [5.41, 5.74) is 5.97. The molecule has 2 aliphatic carbocycles. The number of amides is 1. The van der Waals surface area contributed by atoms with Crippen LogP contribution >= 0.6 is 12.4 Å². The summed E-state index contributed by atoms with van der Waals surface area (Å²) in [4.78, 5) is 40.9. The molecule has 3 aromatic rings. The van der Waals surface area contributed by atoms with E-state index in [1.54, 1.807) is 31.2 Å². The van der Waals surface area contributed by atoms with Crippen LogP contribution in [-0.4, -0.2) is 87.5 Å². The van der Waals surface area contributed by atoms with E-state index in [-0.39, 0.29) is 70.9 Å². The van der Waals surface area contributed by atoms with Crippen molar-refractivity contribution in [3.8, 4) is 23.0 Å². The number of hydrogen-bond acceptors (Lipinski definition) is 13. The van der Waals surface area contributed by atoms with Gasteiger partial charge in [-0.25, -0.2) is 5.43 Å². The number of aliphatic hydroxyl groups is 2. The number of methoxy groups -OCH3 is 1. The Balaban J connectivity index is 0.00000541. The number of carbonyl (C=O) groups is 3. The molecule has 0 bridgehead atoms. The summed E-state index contributed by atoms with van der Waals surface area (Å²) in [6.07, 6.45) is -2.72. The van der Waals surface area contributed by atoms with Gasteiger partial charge in [0.2, 0.25) is 5.78 Å². The van der Waals surface area contributed by atoms with Gasteiger partial charge in [0.05, 0.1) is 54.4 Å². The lowest BCUT2D eigenvalue weighted by Crippen LogP contribution is -2.52. The number of hydrogen-bond donors (Lipinski definition) is 6. The van der Waals surface area contributed by atoms with E-state index in [2.05, 4.69) is 17.5 Å². The van der Waals surface area contributed by atoms with Gasteiger partial charge in [0.25, 0.3) is 5.91 Å². The van der Waals surface area contributed by atoms with Gasteiger partial charge in [0, 0.05) is 47.6 Å². The third kappa shape index (κ3) is 7.35. The molecule has 0 radical (unpaired) electrons. The molecule has 0 spiro atoms. The summed E-state index contributed by atoms with van der Waals surface area (Å²) in [6, 6.07) is 10.2. The number of nitrogens with zero attached hydrogens (tertiary/aromatic N) is 1. The minimum atomic E-state index is -1.91. The Bertz CT molecular complexity index is 1920. The molecular formula is C38H44ClN3O11. The van der Waals surface area contributed by atoms with Crippen LogP contribution in [0.15, 0.2) is 47.6 Å². The molecule has 14 nitrogen and oxygen atoms in total. The van der Waals surface area contributed by atoms with Crippen molar-refractivity contribution >= 4 is 35.6 Å². The van der Waals surface area contributed by atoms with Crippen molar-refractivity contribution in [2.75, 3.05) is 13.7 Å². The summed E-state index contributed by atoms with van der Waals surface area (Å²) in [5.74, 6) is -2.53. The molecule has 6 rings (SSSR count). The summed E-state index contributed by atoms with van der Waals surface area (Å²) in [6.45, 7) is 5.71. The maximum Gasteiger partial charge on any atom is 0.271 e. The van der Waals surface area contributed by atoms with Crippen molar-refractivity contribution in [1.82, 2.24) is 5.43 Å². The fraction of sp³-hybridized carbons (Fsp3) is 0.421. The van der Waals surface area contributed by atoms with Crippen molar-refractivity contribution in [2.45, 2.75) is 89.1 Å². The van der Waals surface area contributed by atoms with Gasteiger partial charge in [-0.2, -0.15) is 5.10 Å². The maximum absolute atomic E-state index is 14.0. The SMILES string of the molecule is CCCCOc1ccc(C(=O)N/N=C(\C)C2(O)Cc3c(O)c4c(c(O)c3C(OC3CC(N)C(O)C(C)O3)C2)C(=O)c2c(OC)cccc2C4=O)cc1.Cl. The van der Waals surface area contributed by atoms with Gasteiger partial charge in [-0.3, -0.25) is 14.4 Å². The summed E-state index contributed by atoms with van der Waals surface area (Å²) in [5, 5.41) is 50.3. The van der Waals surface area contributed by atoms with Crippen molar-refractivity contribution in [3.63, 3.8) is 0 Å². The topological polar surface area (TPSA) is 219 Å². The Kier molecular flexibility index (Phi) is 11.8. The second-order valence-electron chi connectivity index (χ2n) is 13.4. The number of rotatable bonds is 10. The number of ether oxygens (including phenoxy) is 4. The fourth-order valence-corrected chi connectivity index (χ4v) is 7.01. The molecule has 0 aromatic heterocycles. The predicted molar refractivity (Wildman–Crippen MR) is 194 cm³/mol. The number of benzene rings is 3. The van der Waals surface area contributed by atoms with Crippen LogP contribution in [0.4, 0.5) is 0 Å². The average Bonchev–Trinajstić information content (AvgIpc) is 3.12. The van der Waals surface area contributed by atoms with E-state index in [1.807, 2.05) is 0 Å². The number of phenolic OH excluding ortho intramolecular Hbond substituents is 2. The summed E-state index contributed by atoms with van der Waals surface area (Å²) < 4.78 is 23.2. The quantitative estimate of drug-likeness (QED) is 0.0589. The molecule has 1 fully saturated rings. The van der Waals surface area contributed by atoms with E-state index in [0.29, 0.717) is 12.4 Å². The standard InChI is InChI=1S/C38H43N3O11.ClH/c1-5-6-14-50-21-12-10-20(11-13-21)37(47)41-40-19(3)38(48)16-23-29(26(17-38)52-27-15-24(39)32(42)18(2)51-27)36(46)31-30(34(23)44)33(43)22-8-7-9-25(49-4)28(22)35(31)45;/h7-13,18,24,26-27,32,42,44,46,48H,5-6,14-17,39H2,1-4H3,(H,41,47);1H/b40-19+;. The van der Waals surface area contributed by atoms with Gasteiger partial charge in [0.1, 0.15) is 28.6 Å². The van der Waals surface area contributed by atoms with Crippen LogP contribution in [0.3, 0.4) is 0 Å². The Morgan fingerprint density at radius 2 is 1.77 bits per heavy atom. The second-order valence-corrected chi connectivity index (χ2v) is 13.4. The van der Waals surface area contributed by atoms with Gasteiger partial charge in [-0.05, 0) is 50.6 Å². The Morgan fingerprint density at radius 1 is 1.08 bits per heavy atom. The van der Waals surface area contributed by atoms with Gasteiger partial charge in [-0.1, -0.05) is 25.5 Å². The zero-order valence-electron chi connectivity index (χ0n) is 29.8. The van der Waals surface area contributed by atoms with Gasteiger partial charge < -0.3 is 45.1 Å². The average molecular weight is 754 g/mol. The molecule has 1 aliphatic heterocycles. The Hall–Kier alpha value is -4.57. The molecular weight excluding hydrogens is 710 g/mol. The van der Waals surface area contributed by atoms with Crippen LogP contribution in [-0.2, 0) is 15.9 Å². The Labute approximate surface area is 312 Å². The highest BCUT2D eigenvalue weighted by Crippen LogP contribution is 2.52. The van der Waals surface area contributed by atoms with Crippen LogP contribution in [0.5, 0.6) is 23.0 Å². The number of ketones is 2. The number of nitrogens with one attached hydrogen (secondary N) is 1. The lowest BCUT2D eigenvalue weighted by molar-refractivity contribution is -0.245. The lowest BCUT2D eigenvalue weighted by atomic mass is 9.71. The van der Waals surface area contributed by atoms with E-state index < -0.39 is 76.3 Å². The van der Waals surface area contributed by atoms with Crippen LogP contribution in [0.25, 0.3) is 0 Å². The molecule has 3 aliphatic rings. The zero-order valence-corrected chi connectivity index (χ0v) is 30.6. The van der Waals surface area contributed by atoms with Gasteiger partial charge >= 0.3 is 0 Å². The van der Waals surface area contributed by atoms with E-state index in [0.717, 1.165) is 12.8 Å².